The van der Waals surface area contributed by atoms with Crippen molar-refractivity contribution in [1.29, 1.82) is 0 Å². The fourth-order valence-electron chi connectivity index (χ4n) is 2.38. The summed E-state index contributed by atoms with van der Waals surface area (Å²) in [6.07, 6.45) is 9.63. The van der Waals surface area contributed by atoms with Gasteiger partial charge in [-0.2, -0.15) is 0 Å². The number of aryl methyl sites for hydroxylation is 1. The van der Waals surface area contributed by atoms with Gasteiger partial charge in [0, 0.05) is 44.1 Å². The van der Waals surface area contributed by atoms with E-state index >= 15 is 0 Å². The molecule has 0 spiro atoms. The van der Waals surface area contributed by atoms with Gasteiger partial charge in [-0.1, -0.05) is 6.07 Å². The molecule has 3 aromatic rings. The van der Waals surface area contributed by atoms with Crippen molar-refractivity contribution >= 4 is 15.5 Å². The van der Waals surface area contributed by atoms with Gasteiger partial charge in [-0.3, -0.25) is 9.36 Å². The molecule has 0 bridgehead atoms. The van der Waals surface area contributed by atoms with Gasteiger partial charge in [-0.05, 0) is 23.8 Å². The Labute approximate surface area is 151 Å². The highest BCUT2D eigenvalue weighted by Gasteiger charge is 2.07. The summed E-state index contributed by atoms with van der Waals surface area (Å²) in [5, 5.41) is 3.08. The number of hydrogen-bond donors (Lipinski definition) is 1. The third-order valence-corrected chi connectivity index (χ3v) is 4.71. The summed E-state index contributed by atoms with van der Waals surface area (Å²) in [5.41, 5.74) is 1.08. The first kappa shape index (κ1) is 17.9. The molecule has 0 atom stereocenters. The molecule has 0 aliphatic carbocycles. The van der Waals surface area contributed by atoms with Crippen LogP contribution in [-0.4, -0.2) is 39.5 Å². The van der Waals surface area contributed by atoms with Crippen molar-refractivity contribution in [3.63, 3.8) is 0 Å². The fourth-order valence-corrected chi connectivity index (χ4v) is 2.91. The average molecular weight is 373 g/mol. The molecular formula is C17H19N5O3S. The molecule has 0 unspecified atom stereocenters. The van der Waals surface area contributed by atoms with E-state index in [1.807, 2.05) is 18.3 Å². The second-order valence-electron chi connectivity index (χ2n) is 5.90. The van der Waals surface area contributed by atoms with Crippen molar-refractivity contribution in [2.45, 2.75) is 13.1 Å². The van der Waals surface area contributed by atoms with Gasteiger partial charge in [0.05, 0.1) is 5.75 Å². The van der Waals surface area contributed by atoms with E-state index in [1.54, 1.807) is 41.6 Å². The first-order valence-corrected chi connectivity index (χ1v) is 10.0. The minimum Gasteiger partial charge on any atom is -0.376 e. The Bertz CT molecular complexity index is 1030. The van der Waals surface area contributed by atoms with Crippen LogP contribution in [-0.2, 0) is 22.9 Å². The molecule has 3 aromatic heterocycles. The van der Waals surface area contributed by atoms with Crippen LogP contribution >= 0.6 is 0 Å². The van der Waals surface area contributed by atoms with E-state index in [0.29, 0.717) is 12.2 Å². The summed E-state index contributed by atoms with van der Waals surface area (Å²) < 4.78 is 25.8. The zero-order valence-corrected chi connectivity index (χ0v) is 15.1. The lowest BCUT2D eigenvalue weighted by atomic mass is 10.2. The highest BCUT2D eigenvalue weighted by Crippen LogP contribution is 2.07. The highest BCUT2D eigenvalue weighted by molar-refractivity contribution is 7.90. The van der Waals surface area contributed by atoms with Crippen molar-refractivity contribution in [3.05, 3.63) is 71.3 Å². The van der Waals surface area contributed by atoms with Crippen molar-refractivity contribution < 1.29 is 8.42 Å². The summed E-state index contributed by atoms with van der Waals surface area (Å²) in [5.74, 6) is 0.685. The quantitative estimate of drug-likeness (QED) is 0.665. The Hall–Kier alpha value is -2.94. The van der Waals surface area contributed by atoms with Gasteiger partial charge in [0.2, 0.25) is 0 Å². The minimum atomic E-state index is -3.12. The van der Waals surface area contributed by atoms with Gasteiger partial charge >= 0.3 is 0 Å². The molecule has 1 N–H and O–H groups in total. The SMILES string of the molecule is CS(=O)(=O)CCn1cccc(NCc2ccc(-n3ccnc3)nc2)c1=O. The lowest BCUT2D eigenvalue weighted by Crippen LogP contribution is -2.25. The fraction of sp³-hybridized carbons (Fsp3) is 0.235. The van der Waals surface area contributed by atoms with E-state index in [2.05, 4.69) is 15.3 Å². The largest absolute Gasteiger partial charge is 0.376 e. The second kappa shape index (κ2) is 7.52. The van der Waals surface area contributed by atoms with Crippen LogP contribution < -0.4 is 10.9 Å². The Morgan fingerprint density at radius 3 is 2.69 bits per heavy atom. The lowest BCUT2D eigenvalue weighted by molar-refractivity contribution is 0.593. The number of nitrogens with one attached hydrogen (secondary N) is 1. The van der Waals surface area contributed by atoms with E-state index < -0.39 is 9.84 Å². The minimum absolute atomic E-state index is 0.0734. The molecule has 0 aromatic carbocycles. The summed E-state index contributed by atoms with van der Waals surface area (Å²) >= 11 is 0. The molecule has 9 heteroatoms. The smallest absolute Gasteiger partial charge is 0.273 e. The first-order chi connectivity index (χ1) is 12.4. The van der Waals surface area contributed by atoms with Crippen LogP contribution in [0.1, 0.15) is 5.56 Å². The van der Waals surface area contributed by atoms with E-state index in [0.717, 1.165) is 17.6 Å². The molecule has 0 radical (unpaired) electrons. The zero-order chi connectivity index (χ0) is 18.6. The number of aromatic nitrogens is 4. The average Bonchev–Trinajstić information content (AvgIpc) is 3.14. The molecule has 0 saturated carbocycles. The van der Waals surface area contributed by atoms with Gasteiger partial charge in [0.15, 0.2) is 0 Å². The predicted molar refractivity (Wildman–Crippen MR) is 99.1 cm³/mol. The number of imidazole rings is 1. The maximum absolute atomic E-state index is 12.4. The Morgan fingerprint density at radius 1 is 1.19 bits per heavy atom. The Morgan fingerprint density at radius 2 is 2.04 bits per heavy atom. The summed E-state index contributed by atoms with van der Waals surface area (Å²) in [7, 11) is -3.12. The van der Waals surface area contributed by atoms with E-state index in [1.165, 1.54) is 4.57 Å². The molecule has 26 heavy (non-hydrogen) atoms. The standard InChI is InChI=1S/C17H19N5O3S/c1-26(24,25)10-9-21-7-2-3-15(17(21)23)19-11-14-4-5-16(20-12-14)22-8-6-18-13-22/h2-8,12-13,19H,9-11H2,1H3. The molecular weight excluding hydrogens is 354 g/mol. The van der Waals surface area contributed by atoms with Crippen molar-refractivity contribution in [2.75, 3.05) is 17.3 Å². The maximum atomic E-state index is 12.4. The lowest BCUT2D eigenvalue weighted by Gasteiger charge is -2.10. The third-order valence-electron chi connectivity index (χ3n) is 3.78. The van der Waals surface area contributed by atoms with Gasteiger partial charge in [-0.15, -0.1) is 0 Å². The molecule has 8 nitrogen and oxygen atoms in total. The van der Waals surface area contributed by atoms with Gasteiger partial charge in [0.25, 0.3) is 5.56 Å². The summed E-state index contributed by atoms with van der Waals surface area (Å²) in [4.78, 5) is 20.7. The van der Waals surface area contributed by atoms with Crippen LogP contribution in [0.4, 0.5) is 5.69 Å². The monoisotopic (exact) mass is 373 g/mol. The van der Waals surface area contributed by atoms with Gasteiger partial charge in [0.1, 0.15) is 27.7 Å². The Kier molecular flexibility index (Phi) is 5.17. The number of pyridine rings is 2. The molecule has 136 valence electrons. The number of nitrogens with zero attached hydrogens (tertiary/aromatic N) is 4. The van der Waals surface area contributed by atoms with E-state index in [-0.39, 0.29) is 17.9 Å². The number of anilines is 1. The third kappa shape index (κ3) is 4.57. The zero-order valence-electron chi connectivity index (χ0n) is 14.2. The molecule has 0 aliphatic heterocycles. The van der Waals surface area contributed by atoms with Crippen LogP contribution in [0.5, 0.6) is 0 Å². The summed E-state index contributed by atoms with van der Waals surface area (Å²) in [6.45, 7) is 0.566. The molecule has 0 aliphatic rings. The van der Waals surface area contributed by atoms with Crippen LogP contribution in [0.2, 0.25) is 0 Å². The van der Waals surface area contributed by atoms with Crippen LogP contribution in [0.3, 0.4) is 0 Å². The Balaban J connectivity index is 1.67. The highest BCUT2D eigenvalue weighted by atomic mass is 32.2. The number of hydrogen-bond acceptors (Lipinski definition) is 6. The van der Waals surface area contributed by atoms with Crippen LogP contribution in [0.15, 0.2) is 60.2 Å². The van der Waals surface area contributed by atoms with Gasteiger partial charge < -0.3 is 9.88 Å². The van der Waals surface area contributed by atoms with E-state index in [4.69, 9.17) is 0 Å². The topological polar surface area (TPSA) is 98.9 Å². The van der Waals surface area contributed by atoms with Crippen LogP contribution in [0, 0.1) is 0 Å². The molecule has 0 amide bonds. The number of rotatable bonds is 7. The molecule has 3 rings (SSSR count). The molecule has 0 fully saturated rings. The van der Waals surface area contributed by atoms with E-state index in [9.17, 15) is 13.2 Å². The van der Waals surface area contributed by atoms with Gasteiger partial charge in [-0.25, -0.2) is 18.4 Å². The second-order valence-corrected chi connectivity index (χ2v) is 8.16. The normalized spacial score (nSPS) is 11.4. The van der Waals surface area contributed by atoms with Crippen molar-refractivity contribution in [2.24, 2.45) is 0 Å². The molecule has 3 heterocycles. The summed E-state index contributed by atoms with van der Waals surface area (Å²) in [6, 6.07) is 7.17. The number of sulfone groups is 1. The first-order valence-electron chi connectivity index (χ1n) is 7.97. The maximum Gasteiger partial charge on any atom is 0.273 e. The van der Waals surface area contributed by atoms with Crippen molar-refractivity contribution in [1.82, 2.24) is 19.1 Å². The predicted octanol–water partition coefficient (Wildman–Crippen LogP) is 1.09. The molecule has 0 saturated heterocycles. The van der Waals surface area contributed by atoms with Crippen LogP contribution in [0.25, 0.3) is 5.82 Å². The van der Waals surface area contributed by atoms with Crippen molar-refractivity contribution in [3.8, 4) is 5.82 Å².